The van der Waals surface area contributed by atoms with Crippen LogP contribution in [0.2, 0.25) is 0 Å². The zero-order chi connectivity index (χ0) is 16.5. The van der Waals surface area contributed by atoms with Gasteiger partial charge in [0.15, 0.2) is 0 Å². The summed E-state index contributed by atoms with van der Waals surface area (Å²) in [6, 6.07) is 8.04. The lowest BCUT2D eigenvalue weighted by atomic mass is 10.2. The number of rotatable bonds is 8. The van der Waals surface area contributed by atoms with Crippen LogP contribution in [0, 0.1) is 0 Å². The highest BCUT2D eigenvalue weighted by Crippen LogP contribution is 2.12. The van der Waals surface area contributed by atoms with E-state index in [-0.39, 0.29) is 0 Å². The van der Waals surface area contributed by atoms with E-state index < -0.39 is 0 Å². The molecule has 1 heterocycles. The third-order valence-electron chi connectivity index (χ3n) is 4.12. The maximum atomic E-state index is 5.59. The molecule has 0 saturated carbocycles. The number of nitrogens with one attached hydrogen (secondary N) is 1. The Balaban J connectivity index is 1.64. The predicted octanol–water partition coefficient (Wildman–Crippen LogP) is 2.38. The summed E-state index contributed by atoms with van der Waals surface area (Å²) in [6.07, 6.45) is 2.15. The zero-order valence-electron chi connectivity index (χ0n) is 14.4. The first-order valence-electron chi connectivity index (χ1n) is 8.61. The number of ether oxygens (including phenoxy) is 1. The van der Waals surface area contributed by atoms with Crippen LogP contribution < -0.4 is 10.1 Å². The average molecular weight is 336 g/mol. The smallest absolute Gasteiger partial charge is 0.119 e. The number of hydrogen-bond donors (Lipinski definition) is 1. The van der Waals surface area contributed by atoms with Crippen molar-refractivity contribution < 1.29 is 4.74 Å². The molecule has 2 rings (SSSR count). The summed E-state index contributed by atoms with van der Waals surface area (Å²) in [6.45, 7) is 9.66. The van der Waals surface area contributed by atoms with Crippen LogP contribution in [0.4, 0.5) is 0 Å². The van der Waals surface area contributed by atoms with E-state index in [1.54, 1.807) is 0 Å². The van der Waals surface area contributed by atoms with Crippen LogP contribution in [0.25, 0.3) is 0 Å². The molecule has 1 fully saturated rings. The number of nitrogens with zero attached hydrogens (tertiary/aromatic N) is 2. The minimum atomic E-state index is 0.758. The lowest BCUT2D eigenvalue weighted by Crippen LogP contribution is -2.45. The van der Waals surface area contributed by atoms with E-state index in [1.165, 1.54) is 26.2 Å². The molecule has 5 heteroatoms. The summed E-state index contributed by atoms with van der Waals surface area (Å²) in [4.78, 5) is 5.74. The highest BCUT2D eigenvalue weighted by atomic mass is 32.1. The van der Waals surface area contributed by atoms with Gasteiger partial charge in [0.1, 0.15) is 10.7 Å². The first kappa shape index (κ1) is 18.2. The monoisotopic (exact) mass is 335 g/mol. The molecular weight excluding hydrogens is 306 g/mol. The molecule has 128 valence electrons. The van der Waals surface area contributed by atoms with Crippen LogP contribution in [0.3, 0.4) is 0 Å². The van der Waals surface area contributed by atoms with Gasteiger partial charge in [-0.1, -0.05) is 19.1 Å². The standard InChI is InChI=1S/C18H29N3OS/c1-3-15-22-17-7-5-16(6-8-17)18(23)19-9-4-10-21-13-11-20(2)12-14-21/h5-8H,3-4,9-15H2,1-2H3,(H,19,23). The van der Waals surface area contributed by atoms with Gasteiger partial charge in [0, 0.05) is 38.3 Å². The number of benzene rings is 1. The van der Waals surface area contributed by atoms with Gasteiger partial charge in [-0.25, -0.2) is 0 Å². The fraction of sp³-hybridized carbons (Fsp3) is 0.611. The van der Waals surface area contributed by atoms with Crippen molar-refractivity contribution in [3.05, 3.63) is 29.8 Å². The Morgan fingerprint density at radius 3 is 2.52 bits per heavy atom. The lowest BCUT2D eigenvalue weighted by Gasteiger charge is -2.32. The molecule has 0 aromatic heterocycles. The van der Waals surface area contributed by atoms with Crippen molar-refractivity contribution in [2.75, 3.05) is 52.9 Å². The molecular formula is C18H29N3OS. The normalized spacial score (nSPS) is 16.3. The summed E-state index contributed by atoms with van der Waals surface area (Å²) in [5.74, 6) is 0.911. The van der Waals surface area contributed by atoms with Crippen LogP contribution in [0.1, 0.15) is 25.3 Å². The molecule has 0 unspecified atom stereocenters. The molecule has 0 spiro atoms. The predicted molar refractivity (Wildman–Crippen MR) is 100 cm³/mol. The molecule has 0 bridgehead atoms. The fourth-order valence-corrected chi connectivity index (χ4v) is 2.84. The van der Waals surface area contributed by atoms with Crippen molar-refractivity contribution in [2.45, 2.75) is 19.8 Å². The van der Waals surface area contributed by atoms with E-state index in [2.05, 4.69) is 29.1 Å². The maximum absolute atomic E-state index is 5.59. The van der Waals surface area contributed by atoms with Gasteiger partial charge in [-0.05, 0) is 50.7 Å². The van der Waals surface area contributed by atoms with Gasteiger partial charge >= 0.3 is 0 Å². The third-order valence-corrected chi connectivity index (χ3v) is 4.50. The second-order valence-corrected chi connectivity index (χ2v) is 6.54. The van der Waals surface area contributed by atoms with Crippen LogP contribution >= 0.6 is 12.2 Å². The SMILES string of the molecule is CCCOc1ccc(C(=S)NCCCN2CCN(C)CC2)cc1. The summed E-state index contributed by atoms with van der Waals surface area (Å²) < 4.78 is 5.59. The van der Waals surface area contributed by atoms with E-state index in [4.69, 9.17) is 17.0 Å². The Morgan fingerprint density at radius 1 is 1.17 bits per heavy atom. The fourth-order valence-electron chi connectivity index (χ4n) is 2.60. The van der Waals surface area contributed by atoms with E-state index in [0.717, 1.165) is 48.8 Å². The number of hydrogen-bond acceptors (Lipinski definition) is 4. The zero-order valence-corrected chi connectivity index (χ0v) is 15.2. The number of piperazine rings is 1. The molecule has 1 aromatic rings. The molecule has 1 aliphatic rings. The molecule has 0 radical (unpaired) electrons. The average Bonchev–Trinajstić information content (AvgIpc) is 2.58. The van der Waals surface area contributed by atoms with E-state index in [1.807, 2.05) is 24.3 Å². The first-order valence-corrected chi connectivity index (χ1v) is 9.02. The second kappa shape index (κ2) is 9.85. The van der Waals surface area contributed by atoms with Crippen molar-refractivity contribution in [1.29, 1.82) is 0 Å². The minimum absolute atomic E-state index is 0.758. The van der Waals surface area contributed by atoms with Crippen molar-refractivity contribution in [3.8, 4) is 5.75 Å². The number of thiocarbonyl (C=S) groups is 1. The van der Waals surface area contributed by atoms with E-state index in [0.29, 0.717) is 0 Å². The van der Waals surface area contributed by atoms with Crippen molar-refractivity contribution in [1.82, 2.24) is 15.1 Å². The molecule has 1 aromatic carbocycles. The molecule has 0 atom stereocenters. The molecule has 0 aliphatic carbocycles. The van der Waals surface area contributed by atoms with Gasteiger partial charge < -0.3 is 19.9 Å². The summed E-state index contributed by atoms with van der Waals surface area (Å²) in [5, 5.41) is 3.36. The minimum Gasteiger partial charge on any atom is -0.494 e. The quantitative estimate of drug-likeness (QED) is 0.582. The molecule has 4 nitrogen and oxygen atoms in total. The Hall–Kier alpha value is -1.17. The van der Waals surface area contributed by atoms with Gasteiger partial charge in [0.25, 0.3) is 0 Å². The van der Waals surface area contributed by atoms with Crippen LogP contribution in [0.15, 0.2) is 24.3 Å². The summed E-state index contributed by atoms with van der Waals surface area (Å²) >= 11 is 5.46. The van der Waals surface area contributed by atoms with E-state index in [9.17, 15) is 0 Å². The van der Waals surface area contributed by atoms with Crippen LogP contribution in [-0.4, -0.2) is 67.7 Å². The summed E-state index contributed by atoms with van der Waals surface area (Å²) in [5.41, 5.74) is 1.06. The Labute approximate surface area is 145 Å². The highest BCUT2D eigenvalue weighted by molar-refractivity contribution is 7.80. The van der Waals surface area contributed by atoms with Gasteiger partial charge in [-0.3, -0.25) is 0 Å². The molecule has 1 N–H and O–H groups in total. The van der Waals surface area contributed by atoms with Crippen LogP contribution in [-0.2, 0) is 0 Å². The second-order valence-electron chi connectivity index (χ2n) is 6.13. The Morgan fingerprint density at radius 2 is 1.87 bits per heavy atom. The topological polar surface area (TPSA) is 27.7 Å². The Bertz CT molecular complexity index is 470. The largest absolute Gasteiger partial charge is 0.494 e. The van der Waals surface area contributed by atoms with Crippen LogP contribution in [0.5, 0.6) is 5.75 Å². The summed E-state index contributed by atoms with van der Waals surface area (Å²) in [7, 11) is 2.19. The lowest BCUT2D eigenvalue weighted by molar-refractivity contribution is 0.153. The first-order chi connectivity index (χ1) is 11.2. The van der Waals surface area contributed by atoms with Crippen molar-refractivity contribution in [2.24, 2.45) is 0 Å². The van der Waals surface area contributed by atoms with Gasteiger partial charge in [-0.2, -0.15) is 0 Å². The Kier molecular flexibility index (Phi) is 7.79. The van der Waals surface area contributed by atoms with Gasteiger partial charge in [0.2, 0.25) is 0 Å². The molecule has 23 heavy (non-hydrogen) atoms. The maximum Gasteiger partial charge on any atom is 0.119 e. The van der Waals surface area contributed by atoms with Gasteiger partial charge in [0.05, 0.1) is 6.61 Å². The molecule has 1 aliphatic heterocycles. The molecule has 1 saturated heterocycles. The van der Waals surface area contributed by atoms with Crippen molar-refractivity contribution >= 4 is 17.2 Å². The highest BCUT2D eigenvalue weighted by Gasteiger charge is 2.12. The molecule has 0 amide bonds. The number of likely N-dealkylation sites (N-methyl/N-ethyl adjacent to an activating group) is 1. The van der Waals surface area contributed by atoms with E-state index >= 15 is 0 Å². The van der Waals surface area contributed by atoms with Gasteiger partial charge in [-0.15, -0.1) is 0 Å². The van der Waals surface area contributed by atoms with Crippen molar-refractivity contribution in [3.63, 3.8) is 0 Å². The third kappa shape index (κ3) is 6.45.